The molecule has 0 aliphatic heterocycles. The Morgan fingerprint density at radius 1 is 1.30 bits per heavy atom. The van der Waals surface area contributed by atoms with Gasteiger partial charge in [0.25, 0.3) is 0 Å². The first-order valence-electron chi connectivity index (χ1n) is 6.77. The molecule has 0 saturated carbocycles. The molecule has 0 fully saturated rings. The lowest BCUT2D eigenvalue weighted by Gasteiger charge is -2.25. The largest absolute Gasteiger partial charge is 0.291 e. The van der Waals surface area contributed by atoms with Crippen LogP contribution in [0.4, 0.5) is 0 Å². The van der Waals surface area contributed by atoms with E-state index in [0.717, 1.165) is 35.1 Å². The fourth-order valence-electron chi connectivity index (χ4n) is 2.27. The molecule has 2 heterocycles. The van der Waals surface area contributed by atoms with Crippen LogP contribution in [0.3, 0.4) is 0 Å². The summed E-state index contributed by atoms with van der Waals surface area (Å²) >= 11 is 7.53. The molecule has 2 aromatic heterocycles. The van der Waals surface area contributed by atoms with E-state index >= 15 is 0 Å². The molecular formula is C15H20ClN3S. The van der Waals surface area contributed by atoms with Gasteiger partial charge >= 0.3 is 0 Å². The maximum absolute atomic E-state index is 5.84. The summed E-state index contributed by atoms with van der Waals surface area (Å²) in [5.74, 6) is 0.482. The van der Waals surface area contributed by atoms with Crippen LogP contribution in [0, 0.1) is 6.92 Å². The Labute approximate surface area is 129 Å². The molecule has 108 valence electrons. The molecule has 0 bridgehead atoms. The molecule has 2 aromatic rings. The highest BCUT2D eigenvalue weighted by Gasteiger charge is 2.19. The molecular weight excluding hydrogens is 290 g/mol. The van der Waals surface area contributed by atoms with E-state index in [1.807, 2.05) is 18.4 Å². The van der Waals surface area contributed by atoms with Crippen molar-refractivity contribution in [2.24, 2.45) is 0 Å². The zero-order chi connectivity index (χ0) is 14.5. The molecule has 0 aliphatic rings. The van der Waals surface area contributed by atoms with Gasteiger partial charge in [-0.25, -0.2) is 4.98 Å². The summed E-state index contributed by atoms with van der Waals surface area (Å²) in [6.45, 7) is 5.04. The monoisotopic (exact) mass is 309 g/mol. The second kappa shape index (κ2) is 7.16. The second-order valence-electron chi connectivity index (χ2n) is 4.92. The summed E-state index contributed by atoms with van der Waals surface area (Å²) in [4.78, 5) is 11.5. The molecule has 0 saturated heterocycles. The number of thiazole rings is 1. The lowest BCUT2D eigenvalue weighted by molar-refractivity contribution is 0.227. The summed E-state index contributed by atoms with van der Waals surface area (Å²) in [5.41, 5.74) is 3.12. The lowest BCUT2D eigenvalue weighted by atomic mass is 10.2. The van der Waals surface area contributed by atoms with Gasteiger partial charge in [-0.15, -0.1) is 22.9 Å². The normalized spacial score (nSPS) is 12.8. The summed E-state index contributed by atoms with van der Waals surface area (Å²) in [5, 5.41) is 3.18. The van der Waals surface area contributed by atoms with Gasteiger partial charge in [0.2, 0.25) is 0 Å². The van der Waals surface area contributed by atoms with Crippen LogP contribution in [0.5, 0.6) is 0 Å². The van der Waals surface area contributed by atoms with E-state index in [1.54, 1.807) is 11.3 Å². The van der Waals surface area contributed by atoms with E-state index < -0.39 is 0 Å². The predicted molar refractivity (Wildman–Crippen MR) is 85.1 cm³/mol. The molecule has 2 rings (SSSR count). The Balaban J connectivity index is 2.10. The Morgan fingerprint density at radius 3 is 2.70 bits per heavy atom. The molecule has 0 N–H and O–H groups in total. The van der Waals surface area contributed by atoms with Gasteiger partial charge < -0.3 is 0 Å². The molecule has 0 aliphatic carbocycles. The Bertz CT molecular complexity index is 556. The summed E-state index contributed by atoms with van der Waals surface area (Å²) in [7, 11) is 2.12. The van der Waals surface area contributed by atoms with Crippen molar-refractivity contribution in [3.8, 4) is 0 Å². The highest BCUT2D eigenvalue weighted by atomic mass is 35.5. The zero-order valence-electron chi connectivity index (χ0n) is 12.1. The van der Waals surface area contributed by atoms with Crippen LogP contribution in [0.15, 0.2) is 23.6 Å². The quantitative estimate of drug-likeness (QED) is 0.750. The summed E-state index contributed by atoms with van der Waals surface area (Å²) in [6.07, 6.45) is 1.03. The van der Waals surface area contributed by atoms with E-state index in [2.05, 4.69) is 41.0 Å². The van der Waals surface area contributed by atoms with Gasteiger partial charge in [-0.1, -0.05) is 13.0 Å². The molecule has 1 atom stereocenters. The van der Waals surface area contributed by atoms with E-state index in [9.17, 15) is 0 Å². The number of aromatic nitrogens is 2. The average molecular weight is 310 g/mol. The van der Waals surface area contributed by atoms with Gasteiger partial charge in [-0.3, -0.25) is 9.88 Å². The van der Waals surface area contributed by atoms with E-state index in [1.165, 1.54) is 0 Å². The lowest BCUT2D eigenvalue weighted by Crippen LogP contribution is -2.24. The van der Waals surface area contributed by atoms with Crippen molar-refractivity contribution >= 4 is 22.9 Å². The van der Waals surface area contributed by atoms with Crippen LogP contribution < -0.4 is 0 Å². The first kappa shape index (κ1) is 15.4. The fourth-order valence-corrected chi connectivity index (χ4v) is 3.56. The van der Waals surface area contributed by atoms with Gasteiger partial charge in [0.05, 0.1) is 23.3 Å². The number of rotatable bonds is 6. The Hall–Kier alpha value is -0.970. The second-order valence-corrected chi connectivity index (χ2v) is 6.08. The van der Waals surface area contributed by atoms with Gasteiger partial charge in [-0.2, -0.15) is 0 Å². The number of aryl methyl sites for hydroxylation is 1. The van der Waals surface area contributed by atoms with Crippen LogP contribution in [0.1, 0.15) is 41.5 Å². The van der Waals surface area contributed by atoms with Crippen molar-refractivity contribution in [2.45, 2.75) is 38.7 Å². The molecule has 0 spiro atoms. The third-order valence-corrected chi connectivity index (χ3v) is 4.54. The van der Waals surface area contributed by atoms with E-state index in [-0.39, 0.29) is 0 Å². The minimum absolute atomic E-state index is 0.319. The first-order valence-corrected chi connectivity index (χ1v) is 8.18. The highest BCUT2D eigenvalue weighted by molar-refractivity contribution is 7.09. The van der Waals surface area contributed by atoms with Gasteiger partial charge in [-0.05, 0) is 32.5 Å². The standard InChI is InChI=1S/C15H20ClN3S/c1-4-14(15-18-13(8-16)10-20-15)19(3)9-12-7-5-6-11(2)17-12/h5-7,10,14H,4,8-9H2,1-3H3. The van der Waals surface area contributed by atoms with Gasteiger partial charge in [0.15, 0.2) is 0 Å². The van der Waals surface area contributed by atoms with Crippen molar-refractivity contribution in [2.75, 3.05) is 7.05 Å². The average Bonchev–Trinajstić information content (AvgIpc) is 2.88. The maximum Gasteiger partial charge on any atom is 0.110 e. The number of pyridine rings is 1. The number of halogens is 1. The van der Waals surface area contributed by atoms with Crippen LogP contribution in [0.2, 0.25) is 0 Å². The van der Waals surface area contributed by atoms with E-state index in [0.29, 0.717) is 11.9 Å². The van der Waals surface area contributed by atoms with E-state index in [4.69, 9.17) is 11.6 Å². The van der Waals surface area contributed by atoms with Gasteiger partial charge in [0.1, 0.15) is 5.01 Å². The third-order valence-electron chi connectivity index (χ3n) is 3.27. The molecule has 3 nitrogen and oxygen atoms in total. The van der Waals surface area contributed by atoms with Crippen molar-refractivity contribution in [3.63, 3.8) is 0 Å². The molecule has 20 heavy (non-hydrogen) atoms. The Morgan fingerprint density at radius 2 is 2.10 bits per heavy atom. The molecule has 1 unspecified atom stereocenters. The van der Waals surface area contributed by atoms with Crippen molar-refractivity contribution in [1.29, 1.82) is 0 Å². The maximum atomic E-state index is 5.84. The smallest absolute Gasteiger partial charge is 0.110 e. The first-order chi connectivity index (χ1) is 9.63. The molecule has 5 heteroatoms. The van der Waals surface area contributed by atoms with Gasteiger partial charge in [0, 0.05) is 17.6 Å². The third kappa shape index (κ3) is 3.78. The molecule has 0 aromatic carbocycles. The predicted octanol–water partition coefficient (Wildman–Crippen LogP) is 4.17. The van der Waals surface area contributed by atoms with Crippen LogP contribution in [0.25, 0.3) is 0 Å². The van der Waals surface area contributed by atoms with Crippen molar-refractivity contribution in [3.05, 3.63) is 45.7 Å². The number of nitrogens with zero attached hydrogens (tertiary/aromatic N) is 3. The number of hydrogen-bond acceptors (Lipinski definition) is 4. The molecule has 0 radical (unpaired) electrons. The summed E-state index contributed by atoms with van der Waals surface area (Å²) in [6, 6.07) is 6.47. The highest BCUT2D eigenvalue weighted by Crippen LogP contribution is 2.27. The fraction of sp³-hybridized carbons (Fsp3) is 0.467. The van der Waals surface area contributed by atoms with Crippen LogP contribution in [-0.4, -0.2) is 21.9 Å². The number of hydrogen-bond donors (Lipinski definition) is 0. The van der Waals surface area contributed by atoms with Crippen LogP contribution in [-0.2, 0) is 12.4 Å². The van der Waals surface area contributed by atoms with Crippen molar-refractivity contribution < 1.29 is 0 Å². The molecule has 0 amide bonds. The number of alkyl halides is 1. The minimum atomic E-state index is 0.319. The zero-order valence-corrected chi connectivity index (χ0v) is 13.7. The SMILES string of the molecule is CCC(c1nc(CCl)cs1)N(C)Cc1cccc(C)n1. The van der Waals surface area contributed by atoms with Crippen LogP contribution >= 0.6 is 22.9 Å². The Kier molecular flexibility index (Phi) is 5.52. The van der Waals surface area contributed by atoms with Crippen molar-refractivity contribution in [1.82, 2.24) is 14.9 Å². The topological polar surface area (TPSA) is 29.0 Å². The summed E-state index contributed by atoms with van der Waals surface area (Å²) < 4.78 is 0. The minimum Gasteiger partial charge on any atom is -0.291 e.